The van der Waals surface area contributed by atoms with E-state index < -0.39 is 23.6 Å². The van der Waals surface area contributed by atoms with Gasteiger partial charge in [-0.15, -0.1) is 0 Å². The van der Waals surface area contributed by atoms with Gasteiger partial charge >= 0.3 is 0 Å². The van der Waals surface area contributed by atoms with Gasteiger partial charge in [-0.05, 0) is 378 Å². The number of carbonyl (C=O) groups is 4. The van der Waals surface area contributed by atoms with Crippen LogP contribution in [0.25, 0.3) is 189 Å². The molecule has 0 atom stereocenters. The number of amides is 4. The highest BCUT2D eigenvalue weighted by atomic mass is 16.5. The highest BCUT2D eigenvalue weighted by Crippen LogP contribution is 2.62. The van der Waals surface area contributed by atoms with Crippen LogP contribution in [0.1, 0.15) is 281 Å². The summed E-state index contributed by atoms with van der Waals surface area (Å²) in [6, 6.07) is 85.9. The number of fused-ring (bicyclic) bond motifs is 14. The first kappa shape index (κ1) is 91.2. The van der Waals surface area contributed by atoms with E-state index in [0.717, 1.165) is 219 Å². The van der Waals surface area contributed by atoms with Crippen LogP contribution >= 0.6 is 0 Å². The van der Waals surface area contributed by atoms with E-state index >= 15 is 19.2 Å². The van der Waals surface area contributed by atoms with Crippen LogP contribution in [0.15, 0.2) is 256 Å². The molecule has 716 valence electrons. The van der Waals surface area contributed by atoms with Crippen molar-refractivity contribution in [1.29, 1.82) is 0 Å². The third kappa shape index (κ3) is 13.8. The van der Waals surface area contributed by atoms with E-state index in [9.17, 15) is 0 Å². The van der Waals surface area contributed by atoms with Crippen molar-refractivity contribution >= 4 is 179 Å². The molecule has 2 heterocycles. The monoisotopic (exact) mass is 1900 g/mol. The van der Waals surface area contributed by atoms with Gasteiger partial charge in [-0.2, -0.15) is 0 Å². The molecule has 10 nitrogen and oxygen atoms in total. The van der Waals surface area contributed by atoms with Crippen LogP contribution in [0, 0.1) is 0 Å². The molecule has 0 unspecified atom stereocenters. The molecular formula is C136H114N2O8. The number of rotatable bonds is 16. The van der Waals surface area contributed by atoms with Crippen molar-refractivity contribution in [1.82, 2.24) is 0 Å². The van der Waals surface area contributed by atoms with E-state index in [2.05, 4.69) is 346 Å². The zero-order chi connectivity index (χ0) is 101. The summed E-state index contributed by atoms with van der Waals surface area (Å²) in [5.74, 6) is 2.45. The van der Waals surface area contributed by atoms with Crippen LogP contribution < -0.4 is 28.7 Å². The largest absolute Gasteiger partial charge is 0.457 e. The Hall–Kier alpha value is -16.0. The van der Waals surface area contributed by atoms with Crippen LogP contribution in [-0.4, -0.2) is 23.6 Å². The van der Waals surface area contributed by atoms with Crippen molar-refractivity contribution in [2.45, 2.75) is 184 Å². The molecule has 0 spiro atoms. The third-order valence-corrected chi connectivity index (χ3v) is 31.8. The number of hydrogen-bond donors (Lipinski definition) is 0. The van der Waals surface area contributed by atoms with Gasteiger partial charge in [-0.3, -0.25) is 19.2 Å². The van der Waals surface area contributed by atoms with E-state index in [4.69, 9.17) is 18.9 Å². The van der Waals surface area contributed by atoms with Crippen LogP contribution in [0.5, 0.6) is 46.0 Å². The summed E-state index contributed by atoms with van der Waals surface area (Å²) in [5, 5.41) is 18.1. The highest BCUT2D eigenvalue weighted by molar-refractivity contribution is 6.48. The molecule has 20 aromatic carbocycles. The van der Waals surface area contributed by atoms with Crippen LogP contribution in [0.4, 0.5) is 11.4 Å². The average molecular weight is 1900 g/mol. The number of benzene rings is 20. The number of imide groups is 2. The predicted octanol–water partition coefficient (Wildman–Crippen LogP) is 37.8. The van der Waals surface area contributed by atoms with E-state index in [1.165, 1.54) is 9.80 Å². The standard InChI is InChI=1S/C136H114N2O8/c1-23-73-53-99(69(3)4)127(100(54-73)70(5)6)137-129(139)107-65-111(143-87-37-29-83(30-38-87)133(11,12)13)121-95-49-45-91-103-61-79-57-75-25-27-77-59-81-63-105-93-47-51-97-118-98(52-48-94(116(93)118)106(105)64-82(81)60-78(77)28-26-76(75)58-80(79)62-104(103)92-46-50-96(117(95)115(91)92)122-112(66-108(130(137)140)119(107)125(121)122)144-88-39-31-84(32-40-88)134(14,15)16)124-114(146-90-43-35-86(36-44-90)136(20,21)22)68-110-120-109(67-113(123(97)126(120)124)145-89-41-33-85(34-42-89)135(17,18)19)131(141)138(132(110)142)128-101(71(7)8)55-74(24-2)56-102(128)72(9)10/h23-72H,1-2H2,3-22H3/b27-25-,28-26-,75-25?,76-26?,77-27?,78-28?. The molecule has 10 heteroatoms. The molecule has 25 rings (SSSR count). The molecule has 0 aromatic heterocycles. The summed E-state index contributed by atoms with van der Waals surface area (Å²) in [6.45, 7) is 51.7. The van der Waals surface area contributed by atoms with Crippen LogP contribution in [0.3, 0.4) is 0 Å². The molecule has 0 saturated heterocycles. The molecule has 2 aliphatic heterocycles. The van der Waals surface area contributed by atoms with Gasteiger partial charge in [0, 0.05) is 43.1 Å². The molecule has 0 saturated carbocycles. The Morgan fingerprint density at radius 1 is 0.233 bits per heavy atom. The van der Waals surface area contributed by atoms with Crippen molar-refractivity contribution in [3.05, 3.63) is 356 Å². The summed E-state index contributed by atoms with van der Waals surface area (Å²) in [6.07, 6.45) is 12.8. The van der Waals surface area contributed by atoms with Crippen molar-refractivity contribution < 1.29 is 38.1 Å². The summed E-state index contributed by atoms with van der Waals surface area (Å²) < 4.78 is 29.6. The molecule has 0 N–H and O–H groups in total. The summed E-state index contributed by atoms with van der Waals surface area (Å²) in [7, 11) is 0. The first-order valence-corrected chi connectivity index (χ1v) is 51.4. The van der Waals surface area contributed by atoms with Crippen LogP contribution in [-0.2, 0) is 21.7 Å². The molecule has 5 aliphatic rings. The maximum absolute atomic E-state index is 16.4. The molecule has 3 aliphatic carbocycles. The third-order valence-electron chi connectivity index (χ3n) is 31.8. The van der Waals surface area contributed by atoms with E-state index in [1.807, 2.05) is 84.9 Å². The van der Waals surface area contributed by atoms with Gasteiger partial charge in [0.15, 0.2) is 0 Å². The summed E-state index contributed by atoms with van der Waals surface area (Å²) >= 11 is 0. The Morgan fingerprint density at radius 3 is 0.644 bits per heavy atom. The number of ether oxygens (including phenoxy) is 4. The van der Waals surface area contributed by atoms with Crippen molar-refractivity contribution in [3.8, 4) is 90.5 Å². The Kier molecular flexibility index (Phi) is 20.1. The summed E-state index contributed by atoms with van der Waals surface area (Å²) in [4.78, 5) is 68.4. The lowest BCUT2D eigenvalue weighted by atomic mass is 9.82. The fourth-order valence-corrected chi connectivity index (χ4v) is 24.2. The molecule has 4 amide bonds. The second kappa shape index (κ2) is 32.2. The second-order valence-electron chi connectivity index (χ2n) is 46.5. The molecule has 0 radical (unpaired) electrons. The highest BCUT2D eigenvalue weighted by Gasteiger charge is 2.45. The Balaban J connectivity index is 0.629. The molecule has 20 aromatic rings. The minimum absolute atomic E-state index is 0.0625. The molecule has 146 heavy (non-hydrogen) atoms. The van der Waals surface area contributed by atoms with Gasteiger partial charge in [0.05, 0.1) is 33.6 Å². The first-order chi connectivity index (χ1) is 69.7. The van der Waals surface area contributed by atoms with E-state index in [1.54, 1.807) is 0 Å². The average Bonchev–Trinajstić information content (AvgIpc) is 0.695. The number of nitrogens with zero attached hydrogens (tertiary/aromatic N) is 2. The van der Waals surface area contributed by atoms with Gasteiger partial charge in [-0.25, -0.2) is 9.80 Å². The Labute approximate surface area is 851 Å². The maximum Gasteiger partial charge on any atom is 0.266 e. The zero-order valence-electron chi connectivity index (χ0n) is 86.4. The van der Waals surface area contributed by atoms with Crippen molar-refractivity contribution in [2.24, 2.45) is 0 Å². The molecule has 0 bridgehead atoms. The lowest BCUT2D eigenvalue weighted by molar-refractivity contribution is 0.0877. The Bertz CT molecular complexity index is 8310. The molecule has 0 fully saturated rings. The minimum atomic E-state index is -0.423. The van der Waals surface area contributed by atoms with Gasteiger partial charge < -0.3 is 18.9 Å². The topological polar surface area (TPSA) is 112 Å². The lowest BCUT2D eigenvalue weighted by Gasteiger charge is -2.34. The number of carbonyl (C=O) groups excluding carboxylic acids is 4. The van der Waals surface area contributed by atoms with Crippen molar-refractivity contribution in [2.75, 3.05) is 9.80 Å². The fourth-order valence-electron chi connectivity index (χ4n) is 24.2. The minimum Gasteiger partial charge on any atom is -0.457 e. The quantitative estimate of drug-likeness (QED) is 0.0534. The number of hydrogen-bond acceptors (Lipinski definition) is 8. The first-order valence-electron chi connectivity index (χ1n) is 51.4. The zero-order valence-corrected chi connectivity index (χ0v) is 86.4. The SMILES string of the molecule is C=Cc1cc(C(C)C)c(N2C(=O)c3cc(Oc4ccc(C(C)(C)C)cc4)c4c5ccc6c7c(ccc(c8c(Oc9ccc(C(C)(C)C)cc9)cc(c3c48)C2=O)c75)-c2cc3cc4c(cc3cc2-6)/C=C\c2cc3cc5c(cc3cc2/C=C\4)-c2ccc3c4c(Oc6ccc(C(C)(C)C)cc6)cc6c7c(cc(Oc8ccc(C(C)(C)C)cc8)c(c8ccc-5c2c83)c74)C(=O)N(c2c(C(C)C)cc(C=C)cc2C(C)C)C6=O)c(C(C)C)c1. The van der Waals surface area contributed by atoms with Gasteiger partial charge in [-0.1, -0.05) is 285 Å². The van der Waals surface area contributed by atoms with E-state index in [0.29, 0.717) is 90.4 Å². The van der Waals surface area contributed by atoms with Crippen molar-refractivity contribution in [3.63, 3.8) is 0 Å². The fraction of sp³-hybridized carbons (Fsp3) is 0.206. The van der Waals surface area contributed by atoms with Crippen LogP contribution in [0.2, 0.25) is 0 Å². The van der Waals surface area contributed by atoms with E-state index in [-0.39, 0.29) is 45.3 Å². The van der Waals surface area contributed by atoms with Gasteiger partial charge in [0.2, 0.25) is 0 Å². The van der Waals surface area contributed by atoms with Gasteiger partial charge in [0.25, 0.3) is 23.6 Å². The predicted molar refractivity (Wildman–Crippen MR) is 610 cm³/mol. The van der Waals surface area contributed by atoms with Gasteiger partial charge in [0.1, 0.15) is 46.0 Å². The smallest absolute Gasteiger partial charge is 0.266 e. The second-order valence-corrected chi connectivity index (χ2v) is 46.5. The summed E-state index contributed by atoms with van der Waals surface area (Å²) in [5.41, 5.74) is 25.4. The maximum atomic E-state index is 16.4. The lowest BCUT2D eigenvalue weighted by Crippen LogP contribution is -2.42. The number of anilines is 2. The Morgan fingerprint density at radius 2 is 0.445 bits per heavy atom. The molecular weight excluding hydrogens is 1790 g/mol. The normalized spacial score (nSPS) is 14.3.